The van der Waals surface area contributed by atoms with Crippen molar-refractivity contribution in [1.82, 2.24) is 14.7 Å². The molecular weight excluding hydrogens is 410 g/mol. The number of hydrogen-bond donors (Lipinski definition) is 2. The number of hydrogen-bond acceptors (Lipinski definition) is 5. The standard InChI is InChI=1S/C24H25N3O5/c28-20-10-19-11-25(21(29)16-5-2-1-3-6-16)13-24(27(19)12-20)14-26(15-24)22(30)17-7-4-8-18(9-17)23(31)32/h1-9,19-20,28H,10-15H2,(H,31,32)/t19-,20-/m1/s1. The van der Waals surface area contributed by atoms with Gasteiger partial charge in [-0.2, -0.15) is 0 Å². The predicted molar refractivity (Wildman–Crippen MR) is 115 cm³/mol. The second-order valence-electron chi connectivity index (χ2n) is 9.02. The molecule has 0 radical (unpaired) electrons. The number of aliphatic hydroxyl groups is 1. The zero-order valence-corrected chi connectivity index (χ0v) is 17.6. The maximum Gasteiger partial charge on any atom is 0.335 e. The molecule has 0 aliphatic carbocycles. The Morgan fingerprint density at radius 3 is 2.16 bits per heavy atom. The van der Waals surface area contributed by atoms with Crippen molar-refractivity contribution in [2.24, 2.45) is 0 Å². The third-order valence-corrected chi connectivity index (χ3v) is 6.84. The molecule has 8 heteroatoms. The zero-order valence-electron chi connectivity index (χ0n) is 17.6. The van der Waals surface area contributed by atoms with Crippen molar-refractivity contribution in [1.29, 1.82) is 0 Å². The number of piperazine rings is 1. The van der Waals surface area contributed by atoms with Crippen molar-refractivity contribution >= 4 is 17.8 Å². The number of fused-ring (bicyclic) bond motifs is 2. The molecule has 3 heterocycles. The fraction of sp³-hybridized carbons (Fsp3) is 0.375. The van der Waals surface area contributed by atoms with Crippen LogP contribution in [0.3, 0.4) is 0 Å². The number of aliphatic hydroxyl groups excluding tert-OH is 1. The van der Waals surface area contributed by atoms with Crippen LogP contribution in [0.1, 0.15) is 37.5 Å². The summed E-state index contributed by atoms with van der Waals surface area (Å²) < 4.78 is 0. The molecule has 2 atom stereocenters. The SMILES string of the molecule is O=C(O)c1cccc(C(=O)N2CC3(CN(C(=O)c4ccccc4)C[C@H]4C[C@@H](O)CN43)C2)c1. The van der Waals surface area contributed by atoms with Crippen molar-refractivity contribution < 1.29 is 24.6 Å². The van der Waals surface area contributed by atoms with E-state index in [0.29, 0.717) is 50.3 Å². The third kappa shape index (κ3) is 3.45. The molecule has 3 fully saturated rings. The van der Waals surface area contributed by atoms with Crippen LogP contribution in [0.15, 0.2) is 54.6 Å². The number of carbonyl (C=O) groups excluding carboxylic acids is 2. The first-order valence-electron chi connectivity index (χ1n) is 10.8. The van der Waals surface area contributed by atoms with Crippen LogP contribution in [0, 0.1) is 0 Å². The molecule has 2 amide bonds. The van der Waals surface area contributed by atoms with E-state index < -0.39 is 17.6 Å². The largest absolute Gasteiger partial charge is 0.478 e. The molecule has 8 nitrogen and oxygen atoms in total. The molecule has 3 saturated heterocycles. The maximum absolute atomic E-state index is 13.1. The Hall–Kier alpha value is -3.23. The molecule has 0 saturated carbocycles. The minimum atomic E-state index is -1.07. The quantitative estimate of drug-likeness (QED) is 0.751. The number of aromatic carboxylic acids is 1. The Morgan fingerprint density at radius 1 is 0.812 bits per heavy atom. The van der Waals surface area contributed by atoms with E-state index >= 15 is 0 Å². The van der Waals surface area contributed by atoms with Gasteiger partial charge in [0.1, 0.15) is 0 Å². The van der Waals surface area contributed by atoms with Crippen LogP contribution in [0.4, 0.5) is 0 Å². The van der Waals surface area contributed by atoms with Crippen LogP contribution >= 0.6 is 0 Å². The number of benzene rings is 2. The summed E-state index contributed by atoms with van der Waals surface area (Å²) in [6.45, 7) is 2.45. The maximum atomic E-state index is 13.1. The minimum absolute atomic E-state index is 0.0371. The first kappa shape index (κ1) is 20.7. The van der Waals surface area contributed by atoms with Crippen molar-refractivity contribution in [2.75, 3.05) is 32.7 Å². The number of carbonyl (C=O) groups is 3. The summed E-state index contributed by atoms with van der Waals surface area (Å²) in [7, 11) is 0. The van der Waals surface area contributed by atoms with E-state index in [9.17, 15) is 24.6 Å². The number of likely N-dealkylation sites (tertiary alicyclic amines) is 1. The number of carboxylic acid groups (broad SMARTS) is 1. The van der Waals surface area contributed by atoms with E-state index in [0.717, 1.165) is 0 Å². The number of amides is 2. The lowest BCUT2D eigenvalue weighted by Crippen LogP contribution is -2.79. The lowest BCUT2D eigenvalue weighted by Gasteiger charge is -2.60. The van der Waals surface area contributed by atoms with E-state index in [1.54, 1.807) is 29.2 Å². The highest BCUT2D eigenvalue weighted by molar-refractivity contribution is 5.98. The van der Waals surface area contributed by atoms with Gasteiger partial charge in [-0.15, -0.1) is 0 Å². The lowest BCUT2D eigenvalue weighted by atomic mass is 9.83. The second kappa shape index (κ2) is 7.72. The van der Waals surface area contributed by atoms with E-state index in [4.69, 9.17) is 0 Å². The van der Waals surface area contributed by atoms with Crippen LogP contribution in [-0.2, 0) is 0 Å². The van der Waals surface area contributed by atoms with E-state index in [2.05, 4.69) is 4.90 Å². The molecule has 5 rings (SSSR count). The van der Waals surface area contributed by atoms with Crippen LogP contribution in [0.5, 0.6) is 0 Å². The van der Waals surface area contributed by atoms with Crippen LogP contribution in [0.2, 0.25) is 0 Å². The lowest BCUT2D eigenvalue weighted by molar-refractivity contribution is -0.0917. The molecule has 2 N–H and O–H groups in total. The van der Waals surface area contributed by atoms with E-state index in [1.807, 2.05) is 23.1 Å². The molecule has 3 aliphatic heterocycles. The molecule has 2 aromatic carbocycles. The average Bonchev–Trinajstić information content (AvgIpc) is 3.17. The second-order valence-corrected chi connectivity index (χ2v) is 9.02. The van der Waals surface area contributed by atoms with Gasteiger partial charge in [0.05, 0.1) is 17.2 Å². The first-order chi connectivity index (χ1) is 15.4. The van der Waals surface area contributed by atoms with Crippen LogP contribution < -0.4 is 0 Å². The summed E-state index contributed by atoms with van der Waals surface area (Å²) in [6, 6.07) is 15.3. The van der Waals surface area contributed by atoms with E-state index in [-0.39, 0.29) is 23.4 Å². The van der Waals surface area contributed by atoms with Gasteiger partial charge in [0, 0.05) is 49.9 Å². The van der Waals surface area contributed by atoms with Crippen LogP contribution in [-0.4, -0.2) is 93.1 Å². The highest BCUT2D eigenvalue weighted by atomic mass is 16.4. The summed E-state index contributed by atoms with van der Waals surface area (Å²) in [6.07, 6.45) is 0.162. The van der Waals surface area contributed by atoms with Gasteiger partial charge in [0.15, 0.2) is 0 Å². The Labute approximate surface area is 185 Å². The summed E-state index contributed by atoms with van der Waals surface area (Å²) >= 11 is 0. The summed E-state index contributed by atoms with van der Waals surface area (Å²) in [5, 5.41) is 19.5. The molecule has 1 spiro atoms. The fourth-order valence-electron chi connectivity index (χ4n) is 5.39. The number of carboxylic acids is 1. The molecule has 3 aliphatic rings. The normalized spacial score (nSPS) is 24.2. The summed E-state index contributed by atoms with van der Waals surface area (Å²) in [4.78, 5) is 43.2. The Morgan fingerprint density at radius 2 is 1.44 bits per heavy atom. The molecule has 2 aromatic rings. The van der Waals surface area contributed by atoms with Crippen molar-refractivity contribution in [3.8, 4) is 0 Å². The highest BCUT2D eigenvalue weighted by Gasteiger charge is 2.57. The van der Waals surface area contributed by atoms with Gasteiger partial charge in [-0.3, -0.25) is 14.5 Å². The summed E-state index contributed by atoms with van der Waals surface area (Å²) in [5.41, 5.74) is 0.648. The molecule has 0 aromatic heterocycles. The Bertz CT molecular complexity index is 1070. The zero-order chi connectivity index (χ0) is 22.5. The number of nitrogens with zero attached hydrogens (tertiary/aromatic N) is 3. The van der Waals surface area contributed by atoms with Gasteiger partial charge >= 0.3 is 5.97 Å². The Kier molecular flexibility index (Phi) is 4.98. The van der Waals surface area contributed by atoms with Gasteiger partial charge in [-0.1, -0.05) is 24.3 Å². The monoisotopic (exact) mass is 435 g/mol. The van der Waals surface area contributed by atoms with Crippen molar-refractivity contribution in [2.45, 2.75) is 24.1 Å². The minimum Gasteiger partial charge on any atom is -0.478 e. The third-order valence-electron chi connectivity index (χ3n) is 6.84. The number of rotatable bonds is 3. The van der Waals surface area contributed by atoms with Crippen molar-refractivity contribution in [3.05, 3.63) is 71.3 Å². The topological polar surface area (TPSA) is 101 Å². The molecule has 0 unspecified atom stereocenters. The molecule has 0 bridgehead atoms. The Balaban J connectivity index is 1.36. The highest BCUT2D eigenvalue weighted by Crippen LogP contribution is 2.39. The fourth-order valence-corrected chi connectivity index (χ4v) is 5.39. The first-order valence-corrected chi connectivity index (χ1v) is 10.8. The van der Waals surface area contributed by atoms with Gasteiger partial charge in [-0.05, 0) is 36.8 Å². The molecular formula is C24H25N3O5. The van der Waals surface area contributed by atoms with Gasteiger partial charge in [-0.25, -0.2) is 4.79 Å². The molecule has 166 valence electrons. The van der Waals surface area contributed by atoms with Crippen molar-refractivity contribution in [3.63, 3.8) is 0 Å². The van der Waals surface area contributed by atoms with Crippen LogP contribution in [0.25, 0.3) is 0 Å². The average molecular weight is 435 g/mol. The van der Waals surface area contributed by atoms with Gasteiger partial charge < -0.3 is 20.0 Å². The van der Waals surface area contributed by atoms with E-state index in [1.165, 1.54) is 12.1 Å². The summed E-state index contributed by atoms with van der Waals surface area (Å²) in [5.74, 6) is -1.33. The smallest absolute Gasteiger partial charge is 0.335 e. The predicted octanol–water partition coefficient (Wildman–Crippen LogP) is 1.17. The number of β-amino-alcohol motifs (C(OH)–C–C–N with tert-alkyl or cyclic N) is 1. The molecule has 32 heavy (non-hydrogen) atoms. The van der Waals surface area contributed by atoms with Gasteiger partial charge in [0.2, 0.25) is 0 Å². The van der Waals surface area contributed by atoms with Gasteiger partial charge in [0.25, 0.3) is 11.8 Å².